The fourth-order valence-corrected chi connectivity index (χ4v) is 0.997. The van der Waals surface area contributed by atoms with Gasteiger partial charge in [0.1, 0.15) is 0 Å². The summed E-state index contributed by atoms with van der Waals surface area (Å²) in [6.45, 7) is 5.97. The maximum absolute atomic E-state index is 5.49. The molecule has 0 saturated heterocycles. The van der Waals surface area contributed by atoms with E-state index in [-0.39, 0.29) is 6.10 Å². The van der Waals surface area contributed by atoms with Gasteiger partial charge in [0.25, 0.3) is 0 Å². The Balaban J connectivity index is 3.14. The monoisotopic (exact) mass is 221 g/mol. The van der Waals surface area contributed by atoms with Crippen LogP contribution in [-0.4, -0.2) is 59.4 Å². The van der Waals surface area contributed by atoms with Gasteiger partial charge >= 0.3 is 0 Å². The molecule has 2 N–H and O–H groups in total. The van der Waals surface area contributed by atoms with Crippen LogP contribution in [0.2, 0.25) is 0 Å². The number of methoxy groups -OCH3 is 1. The quantitative estimate of drug-likeness (QED) is 0.499. The number of rotatable bonds is 11. The van der Waals surface area contributed by atoms with Crippen molar-refractivity contribution in [3.05, 3.63) is 0 Å². The summed E-state index contributed by atoms with van der Waals surface area (Å²) in [5, 5.41) is 0. The van der Waals surface area contributed by atoms with Crippen molar-refractivity contribution in [2.24, 2.45) is 5.73 Å². The largest absolute Gasteiger partial charge is 0.382 e. The van der Waals surface area contributed by atoms with E-state index in [0.29, 0.717) is 46.2 Å². The molecule has 0 aliphatic heterocycles. The maximum Gasteiger partial charge on any atom is 0.0930 e. The minimum absolute atomic E-state index is 0.00558. The summed E-state index contributed by atoms with van der Waals surface area (Å²) in [7, 11) is 1.65. The van der Waals surface area contributed by atoms with Gasteiger partial charge in [0.2, 0.25) is 0 Å². The Hall–Kier alpha value is -0.200. The Morgan fingerprint density at radius 1 is 1.07 bits per heavy atom. The molecule has 0 rings (SSSR count). The average molecular weight is 221 g/mol. The number of hydrogen-bond donors (Lipinski definition) is 1. The molecule has 0 heterocycles. The molecule has 1 unspecified atom stereocenters. The van der Waals surface area contributed by atoms with E-state index in [1.807, 2.05) is 6.92 Å². The Kier molecular flexibility index (Phi) is 11.7. The van der Waals surface area contributed by atoms with Crippen molar-refractivity contribution in [2.75, 3.05) is 53.3 Å². The van der Waals surface area contributed by atoms with Gasteiger partial charge in [-0.05, 0) is 6.92 Å². The summed E-state index contributed by atoms with van der Waals surface area (Å²) < 4.78 is 20.7. The molecule has 92 valence electrons. The van der Waals surface area contributed by atoms with E-state index in [4.69, 9.17) is 24.7 Å². The average Bonchev–Trinajstić information content (AvgIpc) is 2.26. The molecule has 0 aromatic rings. The SMILES string of the molecule is CCOC(CN)COCCOCCOC. The first-order chi connectivity index (χ1) is 7.35. The van der Waals surface area contributed by atoms with Crippen LogP contribution in [0.25, 0.3) is 0 Å². The summed E-state index contributed by atoms with van der Waals surface area (Å²) >= 11 is 0. The third-order valence-electron chi connectivity index (χ3n) is 1.77. The normalized spacial score (nSPS) is 13.0. The zero-order valence-electron chi connectivity index (χ0n) is 9.74. The van der Waals surface area contributed by atoms with Gasteiger partial charge in [0.05, 0.1) is 39.1 Å². The van der Waals surface area contributed by atoms with Crippen LogP contribution < -0.4 is 5.73 Å². The molecule has 0 aromatic carbocycles. The Labute approximate surface area is 91.8 Å². The van der Waals surface area contributed by atoms with Crippen LogP contribution in [0.4, 0.5) is 0 Å². The summed E-state index contributed by atoms with van der Waals surface area (Å²) in [6.07, 6.45) is -0.00558. The lowest BCUT2D eigenvalue weighted by Gasteiger charge is -2.14. The molecule has 0 aliphatic carbocycles. The fourth-order valence-electron chi connectivity index (χ4n) is 0.997. The van der Waals surface area contributed by atoms with E-state index in [0.717, 1.165) is 0 Å². The highest BCUT2D eigenvalue weighted by Crippen LogP contribution is 1.91. The van der Waals surface area contributed by atoms with Gasteiger partial charge in [-0.1, -0.05) is 0 Å². The van der Waals surface area contributed by atoms with E-state index in [2.05, 4.69) is 0 Å². The van der Waals surface area contributed by atoms with Crippen molar-refractivity contribution in [2.45, 2.75) is 13.0 Å². The highest BCUT2D eigenvalue weighted by Gasteiger charge is 2.04. The number of nitrogens with two attached hydrogens (primary N) is 1. The minimum Gasteiger partial charge on any atom is -0.382 e. The van der Waals surface area contributed by atoms with Crippen LogP contribution in [0, 0.1) is 0 Å². The molecular formula is C10H23NO4. The molecule has 0 fully saturated rings. The molecule has 0 bridgehead atoms. The van der Waals surface area contributed by atoms with Gasteiger partial charge in [0, 0.05) is 20.3 Å². The van der Waals surface area contributed by atoms with Gasteiger partial charge in [-0.3, -0.25) is 0 Å². The lowest BCUT2D eigenvalue weighted by atomic mass is 10.4. The van der Waals surface area contributed by atoms with Crippen LogP contribution in [0.3, 0.4) is 0 Å². The molecule has 0 spiro atoms. The summed E-state index contributed by atoms with van der Waals surface area (Å²) in [5.74, 6) is 0. The second-order valence-electron chi connectivity index (χ2n) is 2.99. The van der Waals surface area contributed by atoms with Gasteiger partial charge in [-0.25, -0.2) is 0 Å². The van der Waals surface area contributed by atoms with E-state index >= 15 is 0 Å². The first kappa shape index (κ1) is 14.8. The van der Waals surface area contributed by atoms with E-state index in [1.165, 1.54) is 0 Å². The Bertz CT molecular complexity index is 124. The second kappa shape index (κ2) is 11.9. The minimum atomic E-state index is -0.00558. The van der Waals surface area contributed by atoms with Crippen molar-refractivity contribution in [3.8, 4) is 0 Å². The Morgan fingerprint density at radius 2 is 1.73 bits per heavy atom. The zero-order valence-corrected chi connectivity index (χ0v) is 9.74. The summed E-state index contributed by atoms with van der Waals surface area (Å²) in [6, 6.07) is 0. The summed E-state index contributed by atoms with van der Waals surface area (Å²) in [5.41, 5.74) is 5.49. The predicted octanol–water partition coefficient (Wildman–Crippen LogP) is 0.0298. The number of ether oxygens (including phenoxy) is 4. The molecule has 0 aliphatic rings. The highest BCUT2D eigenvalue weighted by molar-refractivity contribution is 4.55. The van der Waals surface area contributed by atoms with Crippen LogP contribution in [0.5, 0.6) is 0 Å². The standard InChI is InChI=1S/C10H23NO4/c1-3-15-10(8-11)9-14-7-6-13-5-4-12-2/h10H,3-9,11H2,1-2H3. The molecule has 0 radical (unpaired) electrons. The topological polar surface area (TPSA) is 62.9 Å². The van der Waals surface area contributed by atoms with Crippen molar-refractivity contribution in [1.82, 2.24) is 0 Å². The van der Waals surface area contributed by atoms with Gasteiger partial charge in [0.15, 0.2) is 0 Å². The molecular weight excluding hydrogens is 198 g/mol. The van der Waals surface area contributed by atoms with Gasteiger partial charge in [-0.15, -0.1) is 0 Å². The first-order valence-electron chi connectivity index (χ1n) is 5.31. The molecule has 0 amide bonds. The lowest BCUT2D eigenvalue weighted by molar-refractivity contribution is -0.0277. The van der Waals surface area contributed by atoms with Crippen molar-refractivity contribution >= 4 is 0 Å². The third-order valence-corrected chi connectivity index (χ3v) is 1.77. The molecule has 15 heavy (non-hydrogen) atoms. The van der Waals surface area contributed by atoms with Crippen molar-refractivity contribution in [3.63, 3.8) is 0 Å². The molecule has 5 heteroatoms. The second-order valence-corrected chi connectivity index (χ2v) is 2.99. The fraction of sp³-hybridized carbons (Fsp3) is 1.00. The van der Waals surface area contributed by atoms with Crippen LogP contribution >= 0.6 is 0 Å². The van der Waals surface area contributed by atoms with E-state index in [1.54, 1.807) is 7.11 Å². The maximum atomic E-state index is 5.49. The molecule has 0 aromatic heterocycles. The van der Waals surface area contributed by atoms with E-state index < -0.39 is 0 Å². The van der Waals surface area contributed by atoms with Gasteiger partial charge in [-0.2, -0.15) is 0 Å². The zero-order chi connectivity index (χ0) is 11.4. The first-order valence-corrected chi connectivity index (χ1v) is 5.31. The molecule has 5 nitrogen and oxygen atoms in total. The van der Waals surface area contributed by atoms with Crippen molar-refractivity contribution in [1.29, 1.82) is 0 Å². The third kappa shape index (κ3) is 10.1. The smallest absolute Gasteiger partial charge is 0.0930 e. The number of hydrogen-bond acceptors (Lipinski definition) is 5. The molecule has 1 atom stereocenters. The van der Waals surface area contributed by atoms with Crippen LogP contribution in [0.1, 0.15) is 6.92 Å². The van der Waals surface area contributed by atoms with Crippen LogP contribution in [-0.2, 0) is 18.9 Å². The summed E-state index contributed by atoms with van der Waals surface area (Å²) in [4.78, 5) is 0. The lowest BCUT2D eigenvalue weighted by Crippen LogP contribution is -2.29. The van der Waals surface area contributed by atoms with Gasteiger partial charge < -0.3 is 24.7 Å². The van der Waals surface area contributed by atoms with E-state index in [9.17, 15) is 0 Å². The van der Waals surface area contributed by atoms with Crippen LogP contribution in [0.15, 0.2) is 0 Å². The van der Waals surface area contributed by atoms with Crippen molar-refractivity contribution < 1.29 is 18.9 Å². The predicted molar refractivity (Wildman–Crippen MR) is 58.0 cm³/mol. The Morgan fingerprint density at radius 3 is 2.33 bits per heavy atom. The highest BCUT2D eigenvalue weighted by atomic mass is 16.6. The molecule has 0 saturated carbocycles.